The molecule has 0 fully saturated rings. The standard InChI is InChI=1S/C15H19N3O/c1-11(2)14-9-18(17-12(14)3)10-15(19)16-13-7-5-4-6-8-13/h4-9,11H,10H2,1-3H3,(H,16,19). The molecule has 0 saturated heterocycles. The first-order valence-corrected chi connectivity index (χ1v) is 6.45. The van der Waals surface area contributed by atoms with Gasteiger partial charge in [0.05, 0.1) is 5.69 Å². The number of carbonyl (C=O) groups is 1. The maximum atomic E-state index is 11.9. The summed E-state index contributed by atoms with van der Waals surface area (Å²) in [6, 6.07) is 9.44. The summed E-state index contributed by atoms with van der Waals surface area (Å²) in [6.07, 6.45) is 1.95. The summed E-state index contributed by atoms with van der Waals surface area (Å²) in [6.45, 7) is 6.46. The smallest absolute Gasteiger partial charge is 0.246 e. The van der Waals surface area contributed by atoms with E-state index in [0.29, 0.717) is 5.92 Å². The van der Waals surface area contributed by atoms with Crippen molar-refractivity contribution in [1.29, 1.82) is 0 Å². The van der Waals surface area contributed by atoms with Gasteiger partial charge in [-0.3, -0.25) is 9.48 Å². The van der Waals surface area contributed by atoms with Gasteiger partial charge in [0, 0.05) is 11.9 Å². The van der Waals surface area contributed by atoms with E-state index in [-0.39, 0.29) is 12.5 Å². The molecule has 0 unspecified atom stereocenters. The van der Waals surface area contributed by atoms with Crippen LogP contribution in [0.25, 0.3) is 0 Å². The lowest BCUT2D eigenvalue weighted by Crippen LogP contribution is -2.19. The molecule has 1 aromatic carbocycles. The van der Waals surface area contributed by atoms with E-state index in [1.165, 1.54) is 5.56 Å². The number of benzene rings is 1. The van der Waals surface area contributed by atoms with Crippen LogP contribution in [-0.4, -0.2) is 15.7 Å². The van der Waals surface area contributed by atoms with E-state index >= 15 is 0 Å². The number of anilines is 1. The van der Waals surface area contributed by atoms with E-state index in [2.05, 4.69) is 24.3 Å². The number of hydrogen-bond acceptors (Lipinski definition) is 2. The van der Waals surface area contributed by atoms with Crippen LogP contribution in [0.15, 0.2) is 36.5 Å². The highest BCUT2D eigenvalue weighted by molar-refractivity contribution is 5.90. The van der Waals surface area contributed by atoms with Crippen LogP contribution in [-0.2, 0) is 11.3 Å². The Morgan fingerprint density at radius 1 is 1.32 bits per heavy atom. The van der Waals surface area contributed by atoms with Crippen molar-refractivity contribution >= 4 is 11.6 Å². The van der Waals surface area contributed by atoms with E-state index in [9.17, 15) is 4.79 Å². The predicted molar refractivity (Wildman–Crippen MR) is 76.1 cm³/mol. The van der Waals surface area contributed by atoms with Crippen LogP contribution in [0.1, 0.15) is 31.0 Å². The highest BCUT2D eigenvalue weighted by Gasteiger charge is 2.10. The molecular weight excluding hydrogens is 238 g/mol. The molecular formula is C15H19N3O. The second kappa shape index (κ2) is 5.69. The molecule has 0 spiro atoms. The molecule has 2 rings (SSSR count). The molecule has 0 aliphatic rings. The molecule has 100 valence electrons. The van der Waals surface area contributed by atoms with E-state index in [1.807, 2.05) is 43.5 Å². The zero-order valence-electron chi connectivity index (χ0n) is 11.6. The fourth-order valence-electron chi connectivity index (χ4n) is 2.05. The van der Waals surface area contributed by atoms with Gasteiger partial charge in [-0.15, -0.1) is 0 Å². The van der Waals surface area contributed by atoms with Crippen molar-refractivity contribution in [1.82, 2.24) is 9.78 Å². The summed E-state index contributed by atoms with van der Waals surface area (Å²) < 4.78 is 1.70. The van der Waals surface area contributed by atoms with Gasteiger partial charge in [0.25, 0.3) is 0 Å². The highest BCUT2D eigenvalue weighted by atomic mass is 16.2. The largest absolute Gasteiger partial charge is 0.324 e. The van der Waals surface area contributed by atoms with Gasteiger partial charge in [-0.1, -0.05) is 32.0 Å². The zero-order valence-corrected chi connectivity index (χ0v) is 11.6. The SMILES string of the molecule is Cc1nn(CC(=O)Nc2ccccc2)cc1C(C)C. The Morgan fingerprint density at radius 2 is 2.00 bits per heavy atom. The number of amides is 1. The lowest BCUT2D eigenvalue weighted by atomic mass is 10.1. The molecule has 1 N–H and O–H groups in total. The number of nitrogens with zero attached hydrogens (tertiary/aromatic N) is 2. The van der Waals surface area contributed by atoms with Crippen molar-refractivity contribution in [2.75, 3.05) is 5.32 Å². The first-order chi connectivity index (χ1) is 9.06. The maximum absolute atomic E-state index is 11.9. The third-order valence-corrected chi connectivity index (χ3v) is 2.97. The van der Waals surface area contributed by atoms with Crippen molar-refractivity contribution in [3.8, 4) is 0 Å². The summed E-state index contributed by atoms with van der Waals surface area (Å²) >= 11 is 0. The highest BCUT2D eigenvalue weighted by Crippen LogP contribution is 2.17. The number of hydrogen-bond donors (Lipinski definition) is 1. The number of carbonyl (C=O) groups excluding carboxylic acids is 1. The Hall–Kier alpha value is -2.10. The Kier molecular flexibility index (Phi) is 4.00. The van der Waals surface area contributed by atoms with Gasteiger partial charge in [-0.2, -0.15) is 5.10 Å². The molecule has 0 aliphatic carbocycles. The Bertz CT molecular complexity index is 558. The van der Waals surface area contributed by atoms with Crippen LogP contribution in [0.4, 0.5) is 5.69 Å². The minimum absolute atomic E-state index is 0.0657. The number of aromatic nitrogens is 2. The Morgan fingerprint density at radius 3 is 2.58 bits per heavy atom. The van der Waals surface area contributed by atoms with Crippen LogP contribution >= 0.6 is 0 Å². The first kappa shape index (κ1) is 13.3. The lowest BCUT2D eigenvalue weighted by molar-refractivity contribution is -0.116. The average Bonchev–Trinajstić information content (AvgIpc) is 2.71. The van der Waals surface area contributed by atoms with Crippen LogP contribution in [0.2, 0.25) is 0 Å². The minimum Gasteiger partial charge on any atom is -0.324 e. The van der Waals surface area contributed by atoms with Crippen molar-refractivity contribution in [2.45, 2.75) is 33.2 Å². The van der Waals surface area contributed by atoms with E-state index in [1.54, 1.807) is 4.68 Å². The molecule has 4 nitrogen and oxygen atoms in total. The molecule has 0 saturated carbocycles. The Balaban J connectivity index is 2.01. The molecule has 1 aromatic heterocycles. The fraction of sp³-hybridized carbons (Fsp3) is 0.333. The average molecular weight is 257 g/mol. The molecule has 0 aliphatic heterocycles. The van der Waals surface area contributed by atoms with E-state index < -0.39 is 0 Å². The third kappa shape index (κ3) is 3.44. The van der Waals surface area contributed by atoms with Gasteiger partial charge in [-0.25, -0.2) is 0 Å². The van der Waals surface area contributed by atoms with Crippen LogP contribution < -0.4 is 5.32 Å². The van der Waals surface area contributed by atoms with Crippen molar-refractivity contribution < 1.29 is 4.79 Å². The number of para-hydroxylation sites is 1. The molecule has 1 heterocycles. The second-order valence-corrected chi connectivity index (χ2v) is 4.94. The second-order valence-electron chi connectivity index (χ2n) is 4.94. The van der Waals surface area contributed by atoms with Crippen molar-refractivity contribution in [3.05, 3.63) is 47.8 Å². The maximum Gasteiger partial charge on any atom is 0.246 e. The van der Waals surface area contributed by atoms with E-state index in [0.717, 1.165) is 11.4 Å². The molecule has 1 amide bonds. The molecule has 4 heteroatoms. The summed E-state index contributed by atoms with van der Waals surface area (Å²) in [4.78, 5) is 11.9. The van der Waals surface area contributed by atoms with Crippen molar-refractivity contribution in [3.63, 3.8) is 0 Å². The van der Waals surface area contributed by atoms with Crippen LogP contribution in [0.5, 0.6) is 0 Å². The molecule has 19 heavy (non-hydrogen) atoms. The van der Waals surface area contributed by atoms with Crippen LogP contribution in [0.3, 0.4) is 0 Å². The Labute approximate surface area is 113 Å². The van der Waals surface area contributed by atoms with Gasteiger partial charge in [0.15, 0.2) is 0 Å². The monoisotopic (exact) mass is 257 g/mol. The first-order valence-electron chi connectivity index (χ1n) is 6.45. The van der Waals surface area contributed by atoms with Gasteiger partial charge >= 0.3 is 0 Å². The summed E-state index contributed by atoms with van der Waals surface area (Å²) in [7, 11) is 0. The van der Waals surface area contributed by atoms with Gasteiger partial charge < -0.3 is 5.32 Å². The van der Waals surface area contributed by atoms with Gasteiger partial charge in [0.1, 0.15) is 6.54 Å². The van der Waals surface area contributed by atoms with Crippen LogP contribution in [0, 0.1) is 6.92 Å². The molecule has 0 atom stereocenters. The molecule has 0 radical (unpaired) electrons. The summed E-state index contributed by atoms with van der Waals surface area (Å²) in [5, 5.41) is 7.22. The number of rotatable bonds is 4. The fourth-order valence-corrected chi connectivity index (χ4v) is 2.05. The normalized spacial score (nSPS) is 10.7. The minimum atomic E-state index is -0.0657. The molecule has 0 bridgehead atoms. The number of aryl methyl sites for hydroxylation is 1. The van der Waals surface area contributed by atoms with E-state index in [4.69, 9.17) is 0 Å². The lowest BCUT2D eigenvalue weighted by Gasteiger charge is -2.05. The quantitative estimate of drug-likeness (QED) is 0.915. The van der Waals surface area contributed by atoms with Gasteiger partial charge in [0.2, 0.25) is 5.91 Å². The predicted octanol–water partition coefficient (Wildman–Crippen LogP) is 2.95. The molecule has 2 aromatic rings. The number of nitrogens with one attached hydrogen (secondary N) is 1. The topological polar surface area (TPSA) is 46.9 Å². The summed E-state index contributed by atoms with van der Waals surface area (Å²) in [5.41, 5.74) is 2.98. The third-order valence-electron chi connectivity index (χ3n) is 2.97. The zero-order chi connectivity index (χ0) is 13.8. The summed E-state index contributed by atoms with van der Waals surface area (Å²) in [5.74, 6) is 0.356. The van der Waals surface area contributed by atoms with Gasteiger partial charge in [-0.05, 0) is 30.5 Å². The van der Waals surface area contributed by atoms with Crippen molar-refractivity contribution in [2.24, 2.45) is 0 Å².